The van der Waals surface area contributed by atoms with Gasteiger partial charge in [0.1, 0.15) is 17.8 Å². The number of H-pyrrole nitrogens is 1. The van der Waals surface area contributed by atoms with Crippen LogP contribution in [0, 0.1) is 0 Å². The van der Waals surface area contributed by atoms with Crippen LogP contribution in [0.3, 0.4) is 0 Å². The van der Waals surface area contributed by atoms with Crippen LogP contribution in [-0.4, -0.2) is 31.1 Å². The van der Waals surface area contributed by atoms with E-state index in [1.807, 2.05) is 43.4 Å². The molecule has 3 aromatic heterocycles. The highest BCUT2D eigenvalue weighted by Crippen LogP contribution is 2.18. The molecule has 26 heavy (non-hydrogen) atoms. The first-order valence-corrected chi connectivity index (χ1v) is 8.11. The summed E-state index contributed by atoms with van der Waals surface area (Å²) in [6.07, 6.45) is 12.6. The number of allylic oxidation sites excluding steroid dienone is 3. The number of carbonyl (C=O) groups excluding carboxylic acids is 1. The summed E-state index contributed by atoms with van der Waals surface area (Å²) in [6, 6.07) is 7.38. The lowest BCUT2D eigenvalue weighted by molar-refractivity contribution is 0.0962. The fourth-order valence-electron chi connectivity index (χ4n) is 2.34. The third-order valence-corrected chi connectivity index (χ3v) is 3.57. The first kappa shape index (κ1) is 17.2. The van der Waals surface area contributed by atoms with Crippen molar-refractivity contribution in [3.05, 3.63) is 84.6 Å². The summed E-state index contributed by atoms with van der Waals surface area (Å²) in [4.78, 5) is 24.9. The molecule has 7 heteroatoms. The van der Waals surface area contributed by atoms with Crippen molar-refractivity contribution in [3.8, 4) is 11.1 Å². The second-order valence-corrected chi connectivity index (χ2v) is 5.42. The molecule has 0 atom stereocenters. The lowest BCUT2D eigenvalue weighted by Gasteiger charge is -2.07. The molecule has 0 radical (unpaired) electrons. The number of aromatic amines is 1. The lowest BCUT2D eigenvalue weighted by atomic mass is 10.1. The van der Waals surface area contributed by atoms with Crippen molar-refractivity contribution in [1.29, 1.82) is 0 Å². The number of carbonyl (C=O) groups is 1. The zero-order chi connectivity index (χ0) is 18.2. The number of amides is 1. The molecule has 0 saturated carbocycles. The van der Waals surface area contributed by atoms with Crippen molar-refractivity contribution in [2.45, 2.75) is 13.3 Å². The van der Waals surface area contributed by atoms with E-state index < -0.39 is 0 Å². The molecule has 130 valence electrons. The Hall–Kier alpha value is -3.61. The number of pyridine rings is 2. The smallest absolute Gasteiger partial charge is 0.274 e. The molecule has 0 fully saturated rings. The van der Waals surface area contributed by atoms with Gasteiger partial charge >= 0.3 is 0 Å². The molecule has 0 aliphatic carbocycles. The van der Waals surface area contributed by atoms with Crippen LogP contribution in [0.25, 0.3) is 11.1 Å². The van der Waals surface area contributed by atoms with Gasteiger partial charge in [0.15, 0.2) is 0 Å². The van der Waals surface area contributed by atoms with E-state index in [1.165, 1.54) is 6.33 Å². The molecule has 0 spiro atoms. The predicted molar refractivity (Wildman–Crippen MR) is 97.9 cm³/mol. The van der Waals surface area contributed by atoms with Crippen LogP contribution < -0.4 is 5.32 Å². The Bertz CT molecular complexity index is 916. The molecular formula is C19H18N6O. The molecule has 0 saturated heterocycles. The molecule has 3 rings (SSSR count). The Morgan fingerprint density at radius 3 is 2.88 bits per heavy atom. The maximum atomic E-state index is 12.6. The van der Waals surface area contributed by atoms with Gasteiger partial charge in [-0.25, -0.2) is 4.98 Å². The van der Waals surface area contributed by atoms with E-state index in [2.05, 4.69) is 30.5 Å². The zero-order valence-electron chi connectivity index (χ0n) is 14.3. The molecule has 3 aromatic rings. The van der Waals surface area contributed by atoms with Crippen LogP contribution in [0.4, 0.5) is 0 Å². The summed E-state index contributed by atoms with van der Waals surface area (Å²) in [5.41, 5.74) is 2.82. The lowest BCUT2D eigenvalue weighted by Crippen LogP contribution is -2.23. The van der Waals surface area contributed by atoms with Gasteiger partial charge in [0.25, 0.3) is 5.91 Å². The molecule has 0 aliphatic heterocycles. The Kier molecular flexibility index (Phi) is 5.61. The zero-order valence-corrected chi connectivity index (χ0v) is 14.3. The quantitative estimate of drug-likeness (QED) is 0.669. The summed E-state index contributed by atoms with van der Waals surface area (Å²) in [6.45, 7) is 1.88. The van der Waals surface area contributed by atoms with Gasteiger partial charge in [-0.05, 0) is 36.8 Å². The normalized spacial score (nSPS) is 11.7. The molecule has 7 nitrogen and oxygen atoms in total. The van der Waals surface area contributed by atoms with Crippen LogP contribution in [0.1, 0.15) is 23.2 Å². The summed E-state index contributed by atoms with van der Waals surface area (Å²) in [7, 11) is 0. The highest BCUT2D eigenvalue weighted by atomic mass is 16.1. The maximum Gasteiger partial charge on any atom is 0.274 e. The Morgan fingerprint density at radius 1 is 1.23 bits per heavy atom. The van der Waals surface area contributed by atoms with Crippen molar-refractivity contribution in [3.63, 3.8) is 0 Å². The summed E-state index contributed by atoms with van der Waals surface area (Å²) < 4.78 is 0. The molecule has 0 bridgehead atoms. The van der Waals surface area contributed by atoms with Gasteiger partial charge < -0.3 is 5.32 Å². The Morgan fingerprint density at radius 2 is 2.15 bits per heavy atom. The van der Waals surface area contributed by atoms with E-state index in [0.29, 0.717) is 17.8 Å². The van der Waals surface area contributed by atoms with Gasteiger partial charge in [-0.15, -0.1) is 0 Å². The molecule has 2 N–H and O–H groups in total. The minimum absolute atomic E-state index is 0.280. The highest BCUT2D eigenvalue weighted by Gasteiger charge is 2.10. The van der Waals surface area contributed by atoms with E-state index in [4.69, 9.17) is 0 Å². The number of rotatable bonds is 6. The fourth-order valence-corrected chi connectivity index (χ4v) is 2.34. The van der Waals surface area contributed by atoms with Gasteiger partial charge in [0.05, 0.1) is 0 Å². The third-order valence-electron chi connectivity index (χ3n) is 3.57. The van der Waals surface area contributed by atoms with E-state index >= 15 is 0 Å². The van der Waals surface area contributed by atoms with Gasteiger partial charge in [-0.1, -0.05) is 18.2 Å². The summed E-state index contributed by atoms with van der Waals surface area (Å²) in [5.74, 6) is 0.440. The van der Waals surface area contributed by atoms with Gasteiger partial charge in [-0.2, -0.15) is 5.10 Å². The Balaban J connectivity index is 1.76. The first-order valence-electron chi connectivity index (χ1n) is 8.11. The van der Waals surface area contributed by atoms with Gasteiger partial charge in [0.2, 0.25) is 0 Å². The van der Waals surface area contributed by atoms with Crippen LogP contribution >= 0.6 is 0 Å². The highest BCUT2D eigenvalue weighted by molar-refractivity contribution is 5.94. The van der Waals surface area contributed by atoms with Crippen LogP contribution in [-0.2, 0) is 6.42 Å². The second-order valence-electron chi connectivity index (χ2n) is 5.42. The number of hydrogen-bond donors (Lipinski definition) is 2. The summed E-state index contributed by atoms with van der Waals surface area (Å²) in [5, 5.41) is 9.46. The molecule has 0 unspecified atom stereocenters. The standard InChI is InChI=1S/C19H18N6O/c1-2-4-16(6-7-18-22-13-23-25-18)24-19(26)17-11-14(8-10-21-17)15-5-3-9-20-12-15/h2-6,8-13H,7H2,1H3,(H,24,26)(H,22,23,25)/b4-2-,16-6+. The average Bonchev–Trinajstić information content (AvgIpc) is 3.21. The number of nitrogens with one attached hydrogen (secondary N) is 2. The van der Waals surface area contributed by atoms with E-state index in [0.717, 1.165) is 17.0 Å². The van der Waals surface area contributed by atoms with Gasteiger partial charge in [-0.3, -0.25) is 19.9 Å². The minimum atomic E-state index is -0.280. The van der Waals surface area contributed by atoms with Crippen molar-refractivity contribution >= 4 is 5.91 Å². The van der Waals surface area contributed by atoms with Crippen molar-refractivity contribution in [2.75, 3.05) is 0 Å². The van der Waals surface area contributed by atoms with Crippen LogP contribution in [0.15, 0.2) is 73.1 Å². The average molecular weight is 346 g/mol. The van der Waals surface area contributed by atoms with Crippen molar-refractivity contribution < 1.29 is 4.79 Å². The second kappa shape index (κ2) is 8.48. The fraction of sp³-hybridized carbons (Fsp3) is 0.105. The van der Waals surface area contributed by atoms with E-state index in [9.17, 15) is 4.79 Å². The molecule has 0 aromatic carbocycles. The maximum absolute atomic E-state index is 12.6. The molecule has 0 aliphatic rings. The summed E-state index contributed by atoms with van der Waals surface area (Å²) >= 11 is 0. The topological polar surface area (TPSA) is 96.5 Å². The largest absolute Gasteiger partial charge is 0.321 e. The van der Waals surface area contributed by atoms with Crippen LogP contribution in [0.5, 0.6) is 0 Å². The van der Waals surface area contributed by atoms with E-state index in [1.54, 1.807) is 24.7 Å². The molecule has 1 amide bonds. The SMILES string of the molecule is C/C=C\C(=C/Cc1ncn[nH]1)NC(=O)c1cc(-c2cccnc2)ccn1. The monoisotopic (exact) mass is 346 g/mol. The van der Waals surface area contributed by atoms with E-state index in [-0.39, 0.29) is 5.91 Å². The van der Waals surface area contributed by atoms with Crippen molar-refractivity contribution in [2.24, 2.45) is 0 Å². The third kappa shape index (κ3) is 4.47. The van der Waals surface area contributed by atoms with Gasteiger partial charge in [0, 0.05) is 36.3 Å². The minimum Gasteiger partial charge on any atom is -0.321 e. The number of hydrogen-bond acceptors (Lipinski definition) is 5. The number of aromatic nitrogens is 5. The predicted octanol–water partition coefficient (Wildman–Crippen LogP) is 2.69. The van der Waals surface area contributed by atoms with Crippen molar-refractivity contribution in [1.82, 2.24) is 30.5 Å². The molecule has 3 heterocycles. The Labute approximate surface area is 150 Å². The van der Waals surface area contributed by atoms with Crippen LogP contribution in [0.2, 0.25) is 0 Å². The molecular weight excluding hydrogens is 328 g/mol. The first-order chi connectivity index (χ1) is 12.8. The number of nitrogens with zero attached hydrogens (tertiary/aromatic N) is 4.